The first-order chi connectivity index (χ1) is 9.68. The van der Waals surface area contributed by atoms with Gasteiger partial charge < -0.3 is 10.2 Å². The van der Waals surface area contributed by atoms with Crippen LogP contribution in [0.3, 0.4) is 0 Å². The van der Waals surface area contributed by atoms with E-state index in [1.807, 2.05) is 18.5 Å². The molecule has 0 bridgehead atoms. The van der Waals surface area contributed by atoms with Crippen LogP contribution in [0.4, 0.5) is 4.79 Å². The number of aryl methyl sites for hydroxylation is 1. The molecule has 0 spiro atoms. The molecule has 0 atom stereocenters. The number of aromatic nitrogens is 1. The first-order valence-electron chi connectivity index (χ1n) is 7.49. The average molecular weight is 279 g/mol. The molecule has 2 rings (SSSR count). The highest BCUT2D eigenvalue weighted by molar-refractivity contribution is 5.53. The van der Waals surface area contributed by atoms with Crippen molar-refractivity contribution in [3.63, 3.8) is 0 Å². The van der Waals surface area contributed by atoms with Crippen LogP contribution in [0.5, 0.6) is 0 Å². The van der Waals surface area contributed by atoms with Crippen molar-refractivity contribution < 1.29 is 15.0 Å². The summed E-state index contributed by atoms with van der Waals surface area (Å²) in [5, 5.41) is 13.9. The van der Waals surface area contributed by atoms with E-state index >= 15 is 0 Å². The Morgan fingerprint density at radius 1 is 1.20 bits per heavy atom. The molecule has 20 heavy (non-hydrogen) atoms. The summed E-state index contributed by atoms with van der Waals surface area (Å²) in [5.41, 5.74) is 1.39. The zero-order valence-electron chi connectivity index (χ0n) is 12.0. The Labute approximate surface area is 120 Å². The van der Waals surface area contributed by atoms with Gasteiger partial charge in [-0.25, -0.2) is 4.79 Å². The highest BCUT2D eigenvalue weighted by Gasteiger charge is 2.13. The van der Waals surface area contributed by atoms with Gasteiger partial charge in [-0.15, -0.1) is 0 Å². The summed E-state index contributed by atoms with van der Waals surface area (Å²) in [5.74, 6) is 1.07. The van der Waals surface area contributed by atoms with Crippen molar-refractivity contribution in [1.29, 1.82) is 0 Å². The third kappa shape index (κ3) is 8.51. The second-order valence-corrected chi connectivity index (χ2v) is 5.39. The maximum atomic E-state index is 8.56. The van der Waals surface area contributed by atoms with E-state index < -0.39 is 6.16 Å². The molecule has 1 aliphatic rings. The minimum atomic E-state index is -1.83. The van der Waals surface area contributed by atoms with Gasteiger partial charge in [0, 0.05) is 12.4 Å². The Morgan fingerprint density at radius 2 is 1.90 bits per heavy atom. The number of rotatable bonds is 6. The van der Waals surface area contributed by atoms with Gasteiger partial charge in [0.15, 0.2) is 0 Å². The van der Waals surface area contributed by atoms with E-state index in [0.717, 1.165) is 5.92 Å². The van der Waals surface area contributed by atoms with Crippen molar-refractivity contribution in [1.82, 2.24) is 4.98 Å². The first kappa shape index (κ1) is 16.5. The quantitative estimate of drug-likeness (QED) is 0.747. The zero-order chi connectivity index (χ0) is 14.6. The molecule has 0 saturated heterocycles. The minimum Gasteiger partial charge on any atom is -0.450 e. The van der Waals surface area contributed by atoms with E-state index in [-0.39, 0.29) is 0 Å². The second-order valence-electron chi connectivity index (χ2n) is 5.39. The first-order valence-corrected chi connectivity index (χ1v) is 7.49. The molecule has 1 saturated carbocycles. The monoisotopic (exact) mass is 279 g/mol. The van der Waals surface area contributed by atoms with E-state index in [2.05, 4.69) is 11.1 Å². The summed E-state index contributed by atoms with van der Waals surface area (Å²) < 4.78 is 0. The second kappa shape index (κ2) is 10.2. The third-order valence-electron chi connectivity index (χ3n) is 3.78. The van der Waals surface area contributed by atoms with Gasteiger partial charge in [-0.1, -0.05) is 51.0 Å². The minimum absolute atomic E-state index is 1.07. The lowest BCUT2D eigenvalue weighted by molar-refractivity contribution is 0.137. The number of unbranched alkanes of at least 4 members (excludes halogenated alkanes) is 2. The summed E-state index contributed by atoms with van der Waals surface area (Å²) in [7, 11) is 0. The molecule has 1 heterocycles. The third-order valence-corrected chi connectivity index (χ3v) is 3.78. The number of carboxylic acid groups (broad SMARTS) is 2. The molecule has 1 fully saturated rings. The molecule has 4 nitrogen and oxygen atoms in total. The highest BCUT2D eigenvalue weighted by atomic mass is 16.6. The van der Waals surface area contributed by atoms with Crippen molar-refractivity contribution in [3.8, 4) is 0 Å². The summed E-state index contributed by atoms with van der Waals surface area (Å²) in [6.07, 6.45) is 14.8. The molecule has 0 radical (unpaired) electrons. The largest absolute Gasteiger partial charge is 0.503 e. The van der Waals surface area contributed by atoms with Crippen molar-refractivity contribution in [3.05, 3.63) is 30.1 Å². The summed E-state index contributed by atoms with van der Waals surface area (Å²) in [6.45, 7) is 0. The Bertz CT molecular complexity index is 357. The molecule has 0 aliphatic heterocycles. The normalized spacial score (nSPS) is 14.6. The number of nitrogens with zero attached hydrogens (tertiary/aromatic N) is 1. The van der Waals surface area contributed by atoms with Crippen LogP contribution >= 0.6 is 0 Å². The van der Waals surface area contributed by atoms with Crippen LogP contribution in [0.25, 0.3) is 0 Å². The van der Waals surface area contributed by atoms with Crippen LogP contribution < -0.4 is 0 Å². The van der Waals surface area contributed by atoms with E-state index in [9.17, 15) is 0 Å². The van der Waals surface area contributed by atoms with Gasteiger partial charge >= 0.3 is 6.16 Å². The smallest absolute Gasteiger partial charge is 0.450 e. The fraction of sp³-hybridized carbons (Fsp3) is 0.625. The van der Waals surface area contributed by atoms with E-state index in [4.69, 9.17) is 15.0 Å². The Balaban J connectivity index is 0.000000444. The molecule has 0 unspecified atom stereocenters. The van der Waals surface area contributed by atoms with E-state index in [1.165, 1.54) is 63.4 Å². The maximum Gasteiger partial charge on any atom is 0.503 e. The van der Waals surface area contributed by atoms with Crippen molar-refractivity contribution in [2.24, 2.45) is 5.92 Å². The van der Waals surface area contributed by atoms with Gasteiger partial charge in [-0.05, 0) is 30.4 Å². The molecule has 2 N–H and O–H groups in total. The fourth-order valence-electron chi connectivity index (χ4n) is 2.78. The molecule has 4 heteroatoms. The van der Waals surface area contributed by atoms with Crippen LogP contribution in [-0.4, -0.2) is 21.4 Å². The summed E-state index contributed by atoms with van der Waals surface area (Å²) in [6, 6.07) is 4.22. The molecule has 1 aromatic heterocycles. The van der Waals surface area contributed by atoms with E-state index in [0.29, 0.717) is 0 Å². The number of hydrogen-bond donors (Lipinski definition) is 2. The van der Waals surface area contributed by atoms with Crippen molar-refractivity contribution in [2.45, 2.75) is 57.8 Å². The molecule has 1 aliphatic carbocycles. The van der Waals surface area contributed by atoms with Crippen molar-refractivity contribution in [2.75, 3.05) is 0 Å². The van der Waals surface area contributed by atoms with Gasteiger partial charge in [-0.2, -0.15) is 0 Å². The molecule has 0 aromatic carbocycles. The molecular weight excluding hydrogens is 254 g/mol. The van der Waals surface area contributed by atoms with Crippen LogP contribution in [0.15, 0.2) is 24.5 Å². The Hall–Kier alpha value is -1.58. The number of pyridine rings is 1. The molecular formula is C16H25NO3. The lowest BCUT2D eigenvalue weighted by Crippen LogP contribution is -1.93. The standard InChI is InChI=1S/C15H23N.CH2O3/c1(2-7-14-8-4-5-9-14)3-10-15-11-6-12-16-13-15;2-1(3)4/h6,11-14H,1-5,7-10H2;(H2,2,3,4). The van der Waals surface area contributed by atoms with Gasteiger partial charge in [0.2, 0.25) is 0 Å². The highest BCUT2D eigenvalue weighted by Crippen LogP contribution is 2.29. The number of hydrogen-bond acceptors (Lipinski definition) is 2. The zero-order valence-corrected chi connectivity index (χ0v) is 12.0. The summed E-state index contributed by atoms with van der Waals surface area (Å²) >= 11 is 0. The topological polar surface area (TPSA) is 70.4 Å². The fourth-order valence-corrected chi connectivity index (χ4v) is 2.78. The molecule has 1 aromatic rings. The van der Waals surface area contributed by atoms with Crippen LogP contribution in [0.1, 0.15) is 56.9 Å². The lowest BCUT2D eigenvalue weighted by atomic mass is 9.99. The SMILES string of the molecule is O=C(O)O.c1cncc(CCCCCC2CCCC2)c1. The van der Waals surface area contributed by atoms with E-state index in [1.54, 1.807) is 0 Å². The van der Waals surface area contributed by atoms with Crippen LogP contribution in [-0.2, 0) is 6.42 Å². The van der Waals surface area contributed by atoms with Gasteiger partial charge in [0.25, 0.3) is 0 Å². The van der Waals surface area contributed by atoms with Crippen LogP contribution in [0.2, 0.25) is 0 Å². The number of carbonyl (C=O) groups is 1. The van der Waals surface area contributed by atoms with Gasteiger partial charge in [0.05, 0.1) is 0 Å². The average Bonchev–Trinajstić information content (AvgIpc) is 2.92. The summed E-state index contributed by atoms with van der Waals surface area (Å²) in [4.78, 5) is 12.7. The molecule has 112 valence electrons. The Kier molecular flexibility index (Phi) is 8.43. The van der Waals surface area contributed by atoms with Crippen LogP contribution in [0, 0.1) is 5.92 Å². The molecule has 0 amide bonds. The predicted molar refractivity (Wildman–Crippen MR) is 79.0 cm³/mol. The van der Waals surface area contributed by atoms with Gasteiger partial charge in [-0.3, -0.25) is 4.98 Å². The van der Waals surface area contributed by atoms with Crippen molar-refractivity contribution >= 4 is 6.16 Å². The predicted octanol–water partition coefficient (Wildman–Crippen LogP) is 4.60. The van der Waals surface area contributed by atoms with Gasteiger partial charge in [0.1, 0.15) is 0 Å². The lowest BCUT2D eigenvalue weighted by Gasteiger charge is -2.07. The maximum absolute atomic E-state index is 8.56. The Morgan fingerprint density at radius 3 is 2.50 bits per heavy atom.